The van der Waals surface area contributed by atoms with Gasteiger partial charge in [-0.05, 0) is 35.0 Å². The van der Waals surface area contributed by atoms with Crippen molar-refractivity contribution < 1.29 is 32.2 Å². The van der Waals surface area contributed by atoms with Crippen LogP contribution < -0.4 is 9.47 Å². The summed E-state index contributed by atoms with van der Waals surface area (Å²) in [6, 6.07) is 3.02. The van der Waals surface area contributed by atoms with Gasteiger partial charge < -0.3 is 14.2 Å². The van der Waals surface area contributed by atoms with Gasteiger partial charge in [-0.25, -0.2) is 0 Å². The third-order valence-electron chi connectivity index (χ3n) is 2.21. The first-order valence-electron chi connectivity index (χ1n) is 6.06. The fraction of sp³-hybridized carbons (Fsp3) is 0.462. The Morgan fingerprint density at radius 2 is 1.95 bits per heavy atom. The van der Waals surface area contributed by atoms with Crippen molar-refractivity contribution in [3.8, 4) is 11.5 Å². The molecule has 21 heavy (non-hydrogen) atoms. The Labute approximate surface area is 128 Å². The number of carbonyl (C=O) groups is 1. The van der Waals surface area contributed by atoms with E-state index in [4.69, 9.17) is 9.47 Å². The third-order valence-corrected chi connectivity index (χ3v) is 2.80. The average molecular weight is 371 g/mol. The van der Waals surface area contributed by atoms with Crippen molar-refractivity contribution in [2.75, 3.05) is 26.4 Å². The molecule has 0 saturated heterocycles. The molecule has 0 unspecified atom stereocenters. The number of ether oxygens (including phenoxy) is 3. The molecule has 0 saturated carbocycles. The SMILES string of the molecule is CCOc1cc(C=O)cc(Br)c1OCCOCC(F)(F)F. The maximum absolute atomic E-state index is 11.9. The molecule has 0 fully saturated rings. The van der Waals surface area contributed by atoms with Crippen molar-refractivity contribution in [2.45, 2.75) is 13.1 Å². The van der Waals surface area contributed by atoms with Crippen LogP contribution in [0.25, 0.3) is 0 Å². The van der Waals surface area contributed by atoms with Gasteiger partial charge in [0.05, 0.1) is 17.7 Å². The van der Waals surface area contributed by atoms with Crippen LogP contribution in [0.3, 0.4) is 0 Å². The van der Waals surface area contributed by atoms with Crippen molar-refractivity contribution in [3.63, 3.8) is 0 Å². The summed E-state index contributed by atoms with van der Waals surface area (Å²) in [4.78, 5) is 10.8. The average Bonchev–Trinajstić information content (AvgIpc) is 2.39. The molecule has 0 bridgehead atoms. The minimum absolute atomic E-state index is 0.0742. The minimum atomic E-state index is -4.36. The Hall–Kier alpha value is -1.28. The Morgan fingerprint density at radius 1 is 1.24 bits per heavy atom. The van der Waals surface area contributed by atoms with E-state index in [0.717, 1.165) is 0 Å². The van der Waals surface area contributed by atoms with Gasteiger partial charge in [0.15, 0.2) is 11.5 Å². The molecule has 0 aromatic heterocycles. The van der Waals surface area contributed by atoms with Gasteiger partial charge in [-0.2, -0.15) is 13.2 Å². The lowest BCUT2D eigenvalue weighted by atomic mass is 10.2. The Bertz CT molecular complexity index is 477. The van der Waals surface area contributed by atoms with Crippen molar-refractivity contribution in [3.05, 3.63) is 22.2 Å². The van der Waals surface area contributed by atoms with E-state index in [1.807, 2.05) is 0 Å². The molecular weight excluding hydrogens is 357 g/mol. The number of rotatable bonds is 8. The van der Waals surface area contributed by atoms with Gasteiger partial charge in [-0.1, -0.05) is 0 Å². The Morgan fingerprint density at radius 3 is 2.52 bits per heavy atom. The lowest BCUT2D eigenvalue weighted by Gasteiger charge is -2.14. The summed E-state index contributed by atoms with van der Waals surface area (Å²) in [6.07, 6.45) is -3.70. The molecule has 0 radical (unpaired) electrons. The zero-order valence-corrected chi connectivity index (χ0v) is 12.8. The number of hydrogen-bond donors (Lipinski definition) is 0. The molecule has 0 aliphatic heterocycles. The van der Waals surface area contributed by atoms with E-state index in [1.54, 1.807) is 6.92 Å². The van der Waals surface area contributed by atoms with Crippen LogP contribution >= 0.6 is 15.9 Å². The molecule has 0 amide bonds. The number of halogens is 4. The summed E-state index contributed by atoms with van der Waals surface area (Å²) in [5.74, 6) is 0.655. The molecule has 0 aliphatic rings. The van der Waals surface area contributed by atoms with Crippen molar-refractivity contribution in [1.29, 1.82) is 0 Å². The monoisotopic (exact) mass is 370 g/mol. The third kappa shape index (κ3) is 6.34. The van der Waals surface area contributed by atoms with Crippen molar-refractivity contribution >= 4 is 22.2 Å². The first kappa shape index (κ1) is 17.8. The summed E-state index contributed by atoms with van der Waals surface area (Å²) < 4.78 is 51.3. The van der Waals surface area contributed by atoms with Gasteiger partial charge in [0.2, 0.25) is 0 Å². The highest BCUT2D eigenvalue weighted by atomic mass is 79.9. The van der Waals surface area contributed by atoms with Crippen LogP contribution in [0.4, 0.5) is 13.2 Å². The Kier molecular flexibility index (Phi) is 6.97. The topological polar surface area (TPSA) is 44.8 Å². The second-order valence-corrected chi connectivity index (χ2v) is 4.75. The smallest absolute Gasteiger partial charge is 0.411 e. The zero-order chi connectivity index (χ0) is 15.9. The van der Waals surface area contributed by atoms with Gasteiger partial charge in [-0.3, -0.25) is 4.79 Å². The van der Waals surface area contributed by atoms with Crippen LogP contribution in [-0.2, 0) is 4.74 Å². The van der Waals surface area contributed by atoms with E-state index in [1.165, 1.54) is 12.1 Å². The van der Waals surface area contributed by atoms with E-state index >= 15 is 0 Å². The molecule has 0 aliphatic carbocycles. The van der Waals surface area contributed by atoms with Gasteiger partial charge in [0.1, 0.15) is 19.5 Å². The normalized spacial score (nSPS) is 11.3. The minimum Gasteiger partial charge on any atom is -0.490 e. The van der Waals surface area contributed by atoms with Crippen molar-refractivity contribution in [1.82, 2.24) is 0 Å². The first-order valence-corrected chi connectivity index (χ1v) is 6.85. The molecule has 118 valence electrons. The van der Waals surface area contributed by atoms with E-state index in [2.05, 4.69) is 20.7 Å². The van der Waals surface area contributed by atoms with Crippen molar-refractivity contribution in [2.24, 2.45) is 0 Å². The lowest BCUT2D eigenvalue weighted by molar-refractivity contribution is -0.175. The summed E-state index contributed by atoms with van der Waals surface area (Å²) in [5, 5.41) is 0. The summed E-state index contributed by atoms with van der Waals surface area (Å²) >= 11 is 3.23. The molecule has 1 rings (SSSR count). The number of alkyl halides is 3. The molecule has 0 atom stereocenters. The van der Waals surface area contributed by atoms with Crippen LogP contribution in [0.2, 0.25) is 0 Å². The zero-order valence-electron chi connectivity index (χ0n) is 11.2. The first-order chi connectivity index (χ1) is 9.87. The van der Waals surface area contributed by atoms with Gasteiger partial charge in [-0.15, -0.1) is 0 Å². The van der Waals surface area contributed by atoms with Crippen LogP contribution in [0.1, 0.15) is 17.3 Å². The highest BCUT2D eigenvalue weighted by molar-refractivity contribution is 9.10. The maximum atomic E-state index is 11.9. The molecule has 1 aromatic rings. The molecule has 0 spiro atoms. The highest BCUT2D eigenvalue weighted by Gasteiger charge is 2.27. The fourth-order valence-corrected chi connectivity index (χ4v) is 2.02. The lowest BCUT2D eigenvalue weighted by Crippen LogP contribution is -2.19. The predicted octanol–water partition coefficient (Wildman–Crippen LogP) is 3.62. The quantitative estimate of drug-likeness (QED) is 0.517. The molecule has 1 aromatic carbocycles. The summed E-state index contributed by atoms with van der Waals surface area (Å²) in [7, 11) is 0. The number of hydrogen-bond acceptors (Lipinski definition) is 4. The van der Waals surface area contributed by atoms with Gasteiger partial charge in [0, 0.05) is 5.56 Å². The van der Waals surface area contributed by atoms with Gasteiger partial charge >= 0.3 is 6.18 Å². The molecule has 4 nitrogen and oxygen atoms in total. The van der Waals surface area contributed by atoms with Crippen LogP contribution in [0, 0.1) is 0 Å². The second kappa shape index (κ2) is 8.23. The molecular formula is C13H14BrF3O4. The molecule has 0 N–H and O–H groups in total. The molecule has 8 heteroatoms. The van der Waals surface area contributed by atoms with E-state index in [-0.39, 0.29) is 13.2 Å². The Balaban J connectivity index is 2.63. The van der Waals surface area contributed by atoms with E-state index in [9.17, 15) is 18.0 Å². The summed E-state index contributed by atoms with van der Waals surface area (Å²) in [6.45, 7) is 0.509. The van der Waals surface area contributed by atoms with Crippen LogP contribution in [-0.4, -0.2) is 38.9 Å². The standard InChI is InChI=1S/C13H14BrF3O4/c1-2-20-11-6-9(7-18)5-10(14)12(11)21-4-3-19-8-13(15,16)17/h5-7H,2-4,8H2,1H3. The van der Waals surface area contributed by atoms with E-state index < -0.39 is 12.8 Å². The second-order valence-electron chi connectivity index (χ2n) is 3.90. The maximum Gasteiger partial charge on any atom is 0.411 e. The van der Waals surface area contributed by atoms with Gasteiger partial charge in [0.25, 0.3) is 0 Å². The fourth-order valence-electron chi connectivity index (χ4n) is 1.45. The van der Waals surface area contributed by atoms with E-state index in [0.29, 0.717) is 34.4 Å². The van der Waals surface area contributed by atoms with Crippen LogP contribution in [0.5, 0.6) is 11.5 Å². The summed E-state index contributed by atoms with van der Waals surface area (Å²) in [5.41, 5.74) is 0.394. The largest absolute Gasteiger partial charge is 0.490 e. The predicted molar refractivity (Wildman–Crippen MR) is 73.1 cm³/mol. The number of carbonyl (C=O) groups excluding carboxylic acids is 1. The van der Waals surface area contributed by atoms with Crippen LogP contribution in [0.15, 0.2) is 16.6 Å². The molecule has 0 heterocycles. The number of aldehydes is 1. The highest BCUT2D eigenvalue weighted by Crippen LogP contribution is 2.36. The number of benzene rings is 1.